The highest BCUT2D eigenvalue weighted by Gasteiger charge is 2.45. The molecule has 0 saturated heterocycles. The molecule has 25 heavy (non-hydrogen) atoms. The van der Waals surface area contributed by atoms with Crippen LogP contribution in [-0.4, -0.2) is 29.2 Å². The fourth-order valence-corrected chi connectivity index (χ4v) is 3.75. The van der Waals surface area contributed by atoms with E-state index < -0.39 is 5.41 Å². The van der Waals surface area contributed by atoms with E-state index >= 15 is 0 Å². The first-order chi connectivity index (χ1) is 11.8. The van der Waals surface area contributed by atoms with Crippen LogP contribution in [-0.2, 0) is 16.0 Å². The summed E-state index contributed by atoms with van der Waals surface area (Å²) in [5.74, 6) is 0.0247. The zero-order valence-corrected chi connectivity index (χ0v) is 15.3. The number of carbonyl (C=O) groups is 3. The van der Waals surface area contributed by atoms with Gasteiger partial charge in [-0.25, -0.2) is 0 Å². The van der Waals surface area contributed by atoms with E-state index in [2.05, 4.69) is 5.32 Å². The zero-order chi connectivity index (χ0) is 18.6. The highest BCUT2D eigenvalue weighted by atomic mass is 16.3. The van der Waals surface area contributed by atoms with E-state index in [1.54, 1.807) is 12.1 Å². The number of carbonyl (C=O) groups excluding carboxylic acids is 3. The van der Waals surface area contributed by atoms with Gasteiger partial charge >= 0.3 is 0 Å². The summed E-state index contributed by atoms with van der Waals surface area (Å²) in [5.41, 5.74) is 2.47. The SMILES string of the molecule is CCCC(=O)CCC1(CCO)Cc2c(ccc(NC(C)=O)c2C)C1=O. The molecule has 0 radical (unpaired) electrons. The lowest BCUT2D eigenvalue weighted by molar-refractivity contribution is -0.119. The van der Waals surface area contributed by atoms with Crippen LogP contribution < -0.4 is 5.32 Å². The first-order valence-corrected chi connectivity index (χ1v) is 8.92. The Bertz CT molecular complexity index is 695. The van der Waals surface area contributed by atoms with Gasteiger partial charge in [0.05, 0.1) is 0 Å². The molecule has 0 aliphatic heterocycles. The third-order valence-electron chi connectivity index (χ3n) is 5.15. The predicted molar refractivity (Wildman–Crippen MR) is 96.8 cm³/mol. The summed E-state index contributed by atoms with van der Waals surface area (Å²) in [7, 11) is 0. The Labute approximate surface area is 148 Å². The van der Waals surface area contributed by atoms with Crippen LogP contribution in [0.15, 0.2) is 12.1 Å². The average Bonchev–Trinajstić information content (AvgIpc) is 2.83. The molecule has 136 valence electrons. The molecule has 0 bridgehead atoms. The van der Waals surface area contributed by atoms with E-state index in [-0.39, 0.29) is 24.1 Å². The minimum Gasteiger partial charge on any atom is -0.396 e. The second-order valence-electron chi connectivity index (χ2n) is 6.99. The minimum atomic E-state index is -0.708. The summed E-state index contributed by atoms with van der Waals surface area (Å²) in [5, 5.41) is 12.3. The van der Waals surface area contributed by atoms with Crippen LogP contribution in [0.3, 0.4) is 0 Å². The van der Waals surface area contributed by atoms with Gasteiger partial charge in [-0.1, -0.05) is 6.92 Å². The van der Waals surface area contributed by atoms with Gasteiger partial charge in [0.15, 0.2) is 5.78 Å². The predicted octanol–water partition coefficient (Wildman–Crippen LogP) is 3.21. The minimum absolute atomic E-state index is 0.0123. The quantitative estimate of drug-likeness (QED) is 0.758. The number of fused-ring (bicyclic) bond motifs is 1. The lowest BCUT2D eigenvalue weighted by Crippen LogP contribution is -2.30. The maximum absolute atomic E-state index is 13.1. The Morgan fingerprint density at radius 2 is 1.96 bits per heavy atom. The molecule has 2 N–H and O–H groups in total. The highest BCUT2D eigenvalue weighted by Crippen LogP contribution is 2.45. The number of hydrogen-bond donors (Lipinski definition) is 2. The smallest absolute Gasteiger partial charge is 0.221 e. The molecule has 0 saturated carbocycles. The van der Waals surface area contributed by atoms with Crippen LogP contribution in [0.25, 0.3) is 0 Å². The first kappa shape index (κ1) is 19.3. The van der Waals surface area contributed by atoms with Crippen molar-refractivity contribution in [3.8, 4) is 0 Å². The number of aliphatic hydroxyl groups excluding tert-OH is 1. The Hall–Kier alpha value is -2.01. The monoisotopic (exact) mass is 345 g/mol. The highest BCUT2D eigenvalue weighted by molar-refractivity contribution is 6.06. The van der Waals surface area contributed by atoms with Crippen molar-refractivity contribution in [2.75, 3.05) is 11.9 Å². The van der Waals surface area contributed by atoms with Gasteiger partial charge < -0.3 is 10.4 Å². The molecule has 1 aromatic carbocycles. The Kier molecular flexibility index (Phi) is 6.11. The molecule has 1 amide bonds. The molecule has 0 aromatic heterocycles. The van der Waals surface area contributed by atoms with Crippen molar-refractivity contribution in [1.82, 2.24) is 0 Å². The number of rotatable bonds is 8. The number of anilines is 1. The first-order valence-electron chi connectivity index (χ1n) is 8.92. The number of ketones is 2. The summed E-state index contributed by atoms with van der Waals surface area (Å²) in [6, 6.07) is 3.51. The third-order valence-corrected chi connectivity index (χ3v) is 5.15. The van der Waals surface area contributed by atoms with Crippen molar-refractivity contribution in [1.29, 1.82) is 0 Å². The number of benzene rings is 1. The number of amides is 1. The molecule has 0 heterocycles. The van der Waals surface area contributed by atoms with Crippen LogP contribution in [0, 0.1) is 12.3 Å². The largest absolute Gasteiger partial charge is 0.396 e. The average molecular weight is 345 g/mol. The number of aliphatic hydroxyl groups is 1. The van der Waals surface area contributed by atoms with Crippen LogP contribution in [0.2, 0.25) is 0 Å². The van der Waals surface area contributed by atoms with Gasteiger partial charge in [-0.2, -0.15) is 0 Å². The molecule has 0 fully saturated rings. The molecule has 1 unspecified atom stereocenters. The second kappa shape index (κ2) is 7.91. The van der Waals surface area contributed by atoms with Crippen LogP contribution >= 0.6 is 0 Å². The van der Waals surface area contributed by atoms with Crippen molar-refractivity contribution in [3.05, 3.63) is 28.8 Å². The van der Waals surface area contributed by atoms with Crippen LogP contribution in [0.1, 0.15) is 67.4 Å². The maximum Gasteiger partial charge on any atom is 0.221 e. The second-order valence-corrected chi connectivity index (χ2v) is 6.99. The summed E-state index contributed by atoms with van der Waals surface area (Å²) >= 11 is 0. The number of hydrogen-bond acceptors (Lipinski definition) is 4. The van der Waals surface area contributed by atoms with Gasteiger partial charge in [-0.05, 0) is 55.9 Å². The summed E-state index contributed by atoms with van der Waals surface area (Å²) in [4.78, 5) is 36.4. The Balaban J connectivity index is 2.31. The Morgan fingerprint density at radius 3 is 2.56 bits per heavy atom. The van der Waals surface area contributed by atoms with E-state index in [1.807, 2.05) is 13.8 Å². The van der Waals surface area contributed by atoms with Gasteiger partial charge in [-0.3, -0.25) is 14.4 Å². The van der Waals surface area contributed by atoms with Crippen LogP contribution in [0.5, 0.6) is 0 Å². The van der Waals surface area contributed by atoms with Gasteiger partial charge in [-0.15, -0.1) is 0 Å². The number of nitrogens with one attached hydrogen (secondary N) is 1. The van der Waals surface area contributed by atoms with Crippen molar-refractivity contribution in [2.24, 2.45) is 5.41 Å². The van der Waals surface area contributed by atoms with Gasteiger partial charge in [0.1, 0.15) is 5.78 Å². The van der Waals surface area contributed by atoms with E-state index in [0.29, 0.717) is 43.4 Å². The van der Waals surface area contributed by atoms with Crippen molar-refractivity contribution >= 4 is 23.2 Å². The molecule has 1 aromatic rings. The molecular weight excluding hydrogens is 318 g/mol. The van der Waals surface area contributed by atoms with Crippen molar-refractivity contribution in [3.63, 3.8) is 0 Å². The van der Waals surface area contributed by atoms with E-state index in [4.69, 9.17) is 0 Å². The Morgan fingerprint density at radius 1 is 1.24 bits per heavy atom. The molecule has 1 aliphatic carbocycles. The third kappa shape index (κ3) is 3.98. The lowest BCUT2D eigenvalue weighted by Gasteiger charge is -2.26. The fraction of sp³-hybridized carbons (Fsp3) is 0.550. The van der Waals surface area contributed by atoms with Crippen molar-refractivity contribution < 1.29 is 19.5 Å². The van der Waals surface area contributed by atoms with Crippen LogP contribution in [0.4, 0.5) is 5.69 Å². The zero-order valence-electron chi connectivity index (χ0n) is 15.3. The summed E-state index contributed by atoms with van der Waals surface area (Å²) in [6.45, 7) is 5.23. The molecule has 2 rings (SSSR count). The fourth-order valence-electron chi connectivity index (χ4n) is 3.75. The van der Waals surface area contributed by atoms with E-state index in [0.717, 1.165) is 17.5 Å². The molecule has 0 spiro atoms. The molecule has 1 aliphatic rings. The lowest BCUT2D eigenvalue weighted by atomic mass is 9.76. The van der Waals surface area contributed by atoms with Gasteiger partial charge in [0.2, 0.25) is 5.91 Å². The number of Topliss-reactive ketones (excluding diaryl/α,β-unsaturated/α-hetero) is 2. The molecule has 5 nitrogen and oxygen atoms in total. The molecule has 5 heteroatoms. The van der Waals surface area contributed by atoms with E-state index in [9.17, 15) is 19.5 Å². The standard InChI is InChI=1S/C20H27NO4/c1-4-5-15(24)8-9-20(10-11-22)12-17-13(2)18(21-14(3)23)7-6-16(17)19(20)25/h6-7,22H,4-5,8-12H2,1-3H3,(H,21,23). The van der Waals surface area contributed by atoms with Crippen molar-refractivity contribution in [2.45, 2.75) is 59.3 Å². The van der Waals surface area contributed by atoms with E-state index in [1.165, 1.54) is 6.92 Å². The normalized spacial score (nSPS) is 19.0. The van der Waals surface area contributed by atoms with Gasteiger partial charge in [0, 0.05) is 43.0 Å². The molecule has 1 atom stereocenters. The topological polar surface area (TPSA) is 83.5 Å². The maximum atomic E-state index is 13.1. The summed E-state index contributed by atoms with van der Waals surface area (Å²) in [6.07, 6.45) is 3.04. The summed E-state index contributed by atoms with van der Waals surface area (Å²) < 4.78 is 0. The molecular formula is C20H27NO4. The van der Waals surface area contributed by atoms with Gasteiger partial charge in [0.25, 0.3) is 0 Å².